The van der Waals surface area contributed by atoms with Gasteiger partial charge in [0.15, 0.2) is 0 Å². The molecule has 6 heterocycles. The monoisotopic (exact) mass is 1300 g/mol. The van der Waals surface area contributed by atoms with Crippen molar-refractivity contribution in [3.8, 4) is 34.5 Å². The predicted molar refractivity (Wildman–Crippen MR) is 344 cm³/mol. The molecular weight excluding hydrogens is 1220 g/mol. The summed E-state index contributed by atoms with van der Waals surface area (Å²) in [6.45, 7) is 22.8. The summed E-state index contributed by atoms with van der Waals surface area (Å²) in [5, 5.41) is -0.628. The Hall–Kier alpha value is -7.60. The molecule has 0 N–H and O–H groups in total. The molecule has 0 aliphatic carbocycles. The highest BCUT2D eigenvalue weighted by Gasteiger charge is 2.43. The van der Waals surface area contributed by atoms with Crippen molar-refractivity contribution in [2.45, 2.75) is 154 Å². The average Bonchev–Trinajstić information content (AvgIpc) is 1.63. The van der Waals surface area contributed by atoms with E-state index in [1.165, 1.54) is 0 Å². The number of hydrogen-bond acceptors (Lipinski definition) is 19. The Morgan fingerprint density at radius 2 is 0.640 bits per heavy atom. The van der Waals surface area contributed by atoms with Gasteiger partial charge in [0, 0.05) is 68.7 Å². The summed E-state index contributed by atoms with van der Waals surface area (Å²) in [5.41, 5.74) is 11.3. The summed E-state index contributed by atoms with van der Waals surface area (Å²) < 4.78 is 124. The Morgan fingerprint density at radius 3 is 0.854 bits per heavy atom. The second-order valence-corrected chi connectivity index (χ2v) is 26.7. The average molecular weight is 1300 g/mol. The Kier molecular flexibility index (Phi) is 20.2. The first-order valence-corrected chi connectivity index (χ1v) is 34.7. The van der Waals surface area contributed by atoms with Crippen LogP contribution in [0.3, 0.4) is 0 Å². The van der Waals surface area contributed by atoms with Crippen molar-refractivity contribution in [3.05, 3.63) is 121 Å². The minimum absolute atomic E-state index is 0.206. The molecule has 22 nitrogen and oxygen atoms in total. The largest absolute Gasteiger partial charge is 0.706 e. The lowest BCUT2D eigenvalue weighted by atomic mass is 10.0. The van der Waals surface area contributed by atoms with Crippen molar-refractivity contribution in [2.75, 3.05) is 42.7 Å². The maximum atomic E-state index is 17.5. The molecule has 0 fully saturated rings. The highest BCUT2D eigenvalue weighted by atomic mass is 32.2. The van der Waals surface area contributed by atoms with Gasteiger partial charge in [0.2, 0.25) is 15.5 Å². The molecule has 0 aliphatic heterocycles. The van der Waals surface area contributed by atoms with E-state index < -0.39 is 40.2 Å². The number of hydrogen-bond donors (Lipinski definition) is 0. The van der Waals surface area contributed by atoms with Crippen molar-refractivity contribution in [1.29, 1.82) is 0 Å². The fourth-order valence-electron chi connectivity index (χ4n) is 11.6. The fourth-order valence-corrected chi connectivity index (χ4v) is 16.5. The fraction of sp³-hybridized carbons (Fsp3) is 0.429. The molecule has 26 heteroatoms. The molecule has 0 saturated heterocycles. The summed E-state index contributed by atoms with van der Waals surface area (Å²) in [5.74, 6) is 2.77. The second-order valence-electron chi connectivity index (χ2n) is 21.2. The number of aromatic nitrogens is 9. The van der Waals surface area contributed by atoms with Gasteiger partial charge in [-0.3, -0.25) is 41.5 Å². The maximum Gasteiger partial charge on any atom is 0.706 e. The third kappa shape index (κ3) is 12.1. The van der Waals surface area contributed by atoms with E-state index in [1.54, 1.807) is 79.4 Å². The van der Waals surface area contributed by atoms with Gasteiger partial charge in [-0.15, -0.1) is 14.2 Å². The molecule has 89 heavy (non-hydrogen) atoms. The minimum atomic E-state index is -5.67. The molecule has 0 spiro atoms. The van der Waals surface area contributed by atoms with Crippen LogP contribution in [0.4, 0.5) is 0 Å². The molecule has 9 rings (SSSR count). The summed E-state index contributed by atoms with van der Waals surface area (Å²) in [6.07, 6.45) is 7.52. The zero-order valence-corrected chi connectivity index (χ0v) is 57.2. The van der Waals surface area contributed by atoms with Crippen molar-refractivity contribution in [2.24, 2.45) is 0 Å². The van der Waals surface area contributed by atoms with E-state index in [9.17, 15) is 0 Å². The predicted octanol–water partition coefficient (Wildman–Crippen LogP) is 10.9. The minimum Gasteiger partial charge on any atom is -0.496 e. The van der Waals surface area contributed by atoms with Gasteiger partial charge in [0.25, 0.3) is 0 Å². The van der Waals surface area contributed by atoms with Crippen LogP contribution in [0.15, 0.2) is 52.3 Å². The third-order valence-corrected chi connectivity index (χ3v) is 20.7. The molecule has 9 aromatic rings. The van der Waals surface area contributed by atoms with Gasteiger partial charge < -0.3 is 28.4 Å². The summed E-state index contributed by atoms with van der Waals surface area (Å²) in [7, 11) is -2.76. The Morgan fingerprint density at radius 1 is 0.393 bits per heavy atom. The lowest BCUT2D eigenvalue weighted by Gasteiger charge is -2.22. The van der Waals surface area contributed by atoms with Crippen LogP contribution >= 0.6 is 7.82 Å². The molecule has 0 bridgehead atoms. The van der Waals surface area contributed by atoms with Crippen LogP contribution in [0.5, 0.6) is 34.5 Å². The molecule has 0 amide bonds. The maximum absolute atomic E-state index is 17.5. The third-order valence-electron chi connectivity index (χ3n) is 16.0. The lowest BCUT2D eigenvalue weighted by Crippen LogP contribution is -2.29. The molecule has 3 aromatic carbocycles. The van der Waals surface area contributed by atoms with E-state index in [1.807, 2.05) is 83.1 Å². The van der Waals surface area contributed by atoms with Crippen molar-refractivity contribution < 1.29 is 59.5 Å². The van der Waals surface area contributed by atoms with E-state index in [0.717, 1.165) is 47.6 Å². The smallest absolute Gasteiger partial charge is 0.496 e. The van der Waals surface area contributed by atoms with Crippen LogP contribution in [-0.4, -0.2) is 99.4 Å². The van der Waals surface area contributed by atoms with Crippen molar-refractivity contribution in [3.63, 3.8) is 0 Å². The number of pyridine rings is 3. The highest BCUT2D eigenvalue weighted by molar-refractivity contribution is 7.84. The Balaban J connectivity index is 1.38. The lowest BCUT2D eigenvalue weighted by molar-refractivity contribution is 0.0779. The van der Waals surface area contributed by atoms with Gasteiger partial charge in [0.1, 0.15) is 67.6 Å². The number of imidazole rings is 3. The first-order valence-electron chi connectivity index (χ1n) is 29.3. The first kappa shape index (κ1) is 65.8. The number of benzene rings is 3. The zero-order chi connectivity index (χ0) is 64.5. The van der Waals surface area contributed by atoms with E-state index in [4.69, 9.17) is 72.2 Å². The number of methoxy groups -OCH3 is 6. The van der Waals surface area contributed by atoms with Crippen LogP contribution in [-0.2, 0) is 92.7 Å². The van der Waals surface area contributed by atoms with E-state index in [-0.39, 0.29) is 49.3 Å². The normalized spacial score (nSPS) is 13.4. The number of phosphoric acid groups is 1. The van der Waals surface area contributed by atoms with Gasteiger partial charge in [0.05, 0.1) is 109 Å². The van der Waals surface area contributed by atoms with E-state index in [0.29, 0.717) is 140 Å². The standard InChI is InChI=1S/C63H78N9O13PS3/c1-19-40-25-49-52(43(22-4)58(40)80-16)67-61(87(74)31-46-37(10)55(77-13)34(7)28-64-46)70(49)83-86(73,84-71-50-26-41(20-2)59(81-17)44(23-5)53(50)68-62(71)88(75)32-47-38(11)56(78-14)35(8)29-65-47)85-72-51-27-42(21-3)60(82-18)45(24-6)54(51)69-63(72)89(76)33-48-39(12)57(79-15)36(9)30-66-48/h25-30H,19-24,31-33H2,1-18H3. The van der Waals surface area contributed by atoms with E-state index in [2.05, 4.69) is 0 Å². The summed E-state index contributed by atoms with van der Waals surface area (Å²) in [6, 6.07) is 5.29. The molecule has 3 unspecified atom stereocenters. The molecule has 0 saturated carbocycles. The van der Waals surface area contributed by atoms with Gasteiger partial charge in [-0.2, -0.15) is 4.57 Å². The molecule has 0 radical (unpaired) electrons. The number of fused-ring (bicyclic) bond motifs is 3. The molecule has 0 aliphatic rings. The summed E-state index contributed by atoms with van der Waals surface area (Å²) >= 11 is 0. The van der Waals surface area contributed by atoms with Gasteiger partial charge in [-0.1, -0.05) is 41.5 Å². The van der Waals surface area contributed by atoms with Crippen LogP contribution in [0.25, 0.3) is 33.1 Å². The van der Waals surface area contributed by atoms with Crippen LogP contribution in [0.2, 0.25) is 0 Å². The number of rotatable bonds is 27. The van der Waals surface area contributed by atoms with Crippen LogP contribution in [0.1, 0.15) is 125 Å². The van der Waals surface area contributed by atoms with Crippen molar-refractivity contribution in [1.82, 2.24) is 44.1 Å². The highest BCUT2D eigenvalue weighted by Crippen LogP contribution is 2.47. The van der Waals surface area contributed by atoms with E-state index >= 15 is 17.2 Å². The van der Waals surface area contributed by atoms with Crippen LogP contribution in [0, 0.1) is 41.5 Å². The number of ether oxygens (including phenoxy) is 6. The zero-order valence-electron chi connectivity index (χ0n) is 53.8. The second kappa shape index (κ2) is 27.2. The Labute approximate surface area is 526 Å². The number of nitrogens with zero attached hydrogens (tertiary/aromatic N) is 9. The molecule has 476 valence electrons. The molecule has 3 atom stereocenters. The topological polar surface area (TPSA) is 243 Å². The van der Waals surface area contributed by atoms with Gasteiger partial charge in [-0.25, -0.2) is 15.0 Å². The van der Waals surface area contributed by atoms with Crippen LogP contribution < -0.4 is 42.3 Å². The quantitative estimate of drug-likeness (QED) is 0.0434. The summed E-state index contributed by atoms with van der Waals surface area (Å²) in [4.78, 5) is 29.3. The Bertz CT molecular complexity index is 3920. The number of aryl methyl sites for hydroxylation is 9. The first-order chi connectivity index (χ1) is 42.7. The van der Waals surface area contributed by atoms with Gasteiger partial charge in [-0.05, 0) is 115 Å². The van der Waals surface area contributed by atoms with Gasteiger partial charge >= 0.3 is 7.82 Å². The van der Waals surface area contributed by atoms with Crippen molar-refractivity contribution >= 4 is 73.3 Å². The molecule has 6 aromatic heterocycles. The molecular formula is C63H78N9O13PS3. The SMILES string of the molecule is CCc1cc2c(nc(S(=O)Cc3ncc(C)c(OC)c3C)n2OP(=O)(On2c(S(=O)Cc3ncc(C)c(OC)c3C)nc3c(CC)c(OC)c(CC)cc32)On2c(S(=O)Cc3ncc(C)c(OC)c3C)nc3c(CC)c(OC)c(CC)cc32)c(CC)c1OC.